The molecule has 0 amide bonds. The van der Waals surface area contributed by atoms with Crippen molar-refractivity contribution in [3.8, 4) is 0 Å². The van der Waals surface area contributed by atoms with Crippen LogP contribution in [0.25, 0.3) is 0 Å². The molecule has 0 radical (unpaired) electrons. The van der Waals surface area contributed by atoms with Gasteiger partial charge in [0.25, 0.3) is 0 Å². The van der Waals surface area contributed by atoms with Crippen molar-refractivity contribution in [3.63, 3.8) is 0 Å². The highest BCUT2D eigenvalue weighted by molar-refractivity contribution is 7.99. The normalized spacial score (nSPS) is 25.4. The van der Waals surface area contributed by atoms with Gasteiger partial charge in [-0.1, -0.05) is 24.3 Å². The maximum atomic E-state index is 12.3. The maximum absolute atomic E-state index is 12.3. The molecule has 1 atom stereocenters. The summed E-state index contributed by atoms with van der Waals surface area (Å²) in [7, 11) is -3.01. The minimum Gasteiger partial charge on any atom is -0.212 e. The molecule has 0 spiro atoms. The molecule has 1 aromatic carbocycles. The van der Waals surface area contributed by atoms with Crippen molar-refractivity contribution in [3.05, 3.63) is 35.4 Å². The summed E-state index contributed by atoms with van der Waals surface area (Å²) < 4.78 is 26.4. The van der Waals surface area contributed by atoms with Gasteiger partial charge in [-0.15, -0.1) is 0 Å². The first-order valence-electron chi connectivity index (χ1n) is 7.25. The van der Waals surface area contributed by atoms with Crippen molar-refractivity contribution in [1.29, 1.82) is 0 Å². The third kappa shape index (κ3) is 2.90. The molecule has 1 aromatic rings. The average Bonchev–Trinajstić information content (AvgIpc) is 3.26. The molecule has 5 heteroatoms. The van der Waals surface area contributed by atoms with Crippen LogP contribution in [-0.4, -0.2) is 36.8 Å². The van der Waals surface area contributed by atoms with Gasteiger partial charge in [-0.25, -0.2) is 12.7 Å². The maximum Gasteiger partial charge on any atom is 0.217 e. The largest absolute Gasteiger partial charge is 0.217 e. The fraction of sp³-hybridized carbons (Fsp3) is 0.600. The summed E-state index contributed by atoms with van der Waals surface area (Å²) in [5.41, 5.74) is 2.67. The Morgan fingerprint density at radius 3 is 2.60 bits per heavy atom. The van der Waals surface area contributed by atoms with E-state index in [4.69, 9.17) is 0 Å². The Labute approximate surface area is 125 Å². The Bertz CT molecular complexity index is 581. The fourth-order valence-corrected chi connectivity index (χ4v) is 6.08. The number of aryl methyl sites for hydroxylation is 1. The highest BCUT2D eigenvalue weighted by Crippen LogP contribution is 2.38. The van der Waals surface area contributed by atoms with E-state index in [1.165, 1.54) is 11.1 Å². The second kappa shape index (κ2) is 5.70. The summed E-state index contributed by atoms with van der Waals surface area (Å²) in [6.45, 7) is 3.48. The fourth-order valence-electron chi connectivity index (χ4n) is 2.78. The third-order valence-electron chi connectivity index (χ3n) is 4.14. The number of hydrogen-bond acceptors (Lipinski definition) is 3. The molecule has 1 saturated carbocycles. The number of sulfonamides is 1. The molecule has 1 aliphatic carbocycles. The third-order valence-corrected chi connectivity index (χ3v) is 7.85. The molecule has 0 N–H and O–H groups in total. The Hall–Kier alpha value is -0.520. The molecule has 110 valence electrons. The van der Waals surface area contributed by atoms with Crippen LogP contribution in [0.2, 0.25) is 0 Å². The van der Waals surface area contributed by atoms with Gasteiger partial charge >= 0.3 is 0 Å². The molecular weight excluding hydrogens is 290 g/mol. The van der Waals surface area contributed by atoms with E-state index >= 15 is 0 Å². The number of thioether (sulfide) groups is 1. The van der Waals surface area contributed by atoms with Crippen LogP contribution in [-0.2, 0) is 10.0 Å². The van der Waals surface area contributed by atoms with Crippen molar-refractivity contribution < 1.29 is 8.42 Å². The molecule has 1 unspecified atom stereocenters. The first-order valence-corrected chi connectivity index (χ1v) is 9.80. The van der Waals surface area contributed by atoms with E-state index in [9.17, 15) is 8.42 Å². The first kappa shape index (κ1) is 14.4. The van der Waals surface area contributed by atoms with Crippen LogP contribution in [0, 0.1) is 6.92 Å². The first-order chi connectivity index (χ1) is 9.59. The second-order valence-corrected chi connectivity index (χ2v) is 9.17. The monoisotopic (exact) mass is 311 g/mol. The van der Waals surface area contributed by atoms with Crippen LogP contribution in [0.1, 0.15) is 35.6 Å². The lowest BCUT2D eigenvalue weighted by molar-refractivity contribution is 0.427. The molecule has 0 aromatic heterocycles. The second-order valence-electron chi connectivity index (χ2n) is 5.65. The zero-order chi connectivity index (χ0) is 14.2. The number of hydrogen-bond donors (Lipinski definition) is 0. The van der Waals surface area contributed by atoms with Gasteiger partial charge in [0.2, 0.25) is 10.0 Å². The summed E-state index contributed by atoms with van der Waals surface area (Å²) in [5.74, 6) is 0.894. The van der Waals surface area contributed by atoms with Crippen molar-refractivity contribution in [2.45, 2.75) is 36.7 Å². The predicted molar refractivity (Wildman–Crippen MR) is 84.5 cm³/mol. The molecule has 3 nitrogen and oxygen atoms in total. The molecule has 2 aliphatic rings. The highest BCUT2D eigenvalue weighted by atomic mass is 32.2. The van der Waals surface area contributed by atoms with E-state index in [-0.39, 0.29) is 5.25 Å². The van der Waals surface area contributed by atoms with Gasteiger partial charge in [0.15, 0.2) is 0 Å². The SMILES string of the molecule is Cc1ccccc1C1CCN(S(=O)(=O)C2CC2)CCS1. The standard InChI is InChI=1S/C15H21NO2S2/c1-12-4-2-3-5-14(12)15-8-9-16(10-11-19-15)20(17,18)13-6-7-13/h2-5,13,15H,6-11H2,1H3. The quantitative estimate of drug-likeness (QED) is 0.861. The Morgan fingerprint density at radius 2 is 1.90 bits per heavy atom. The lowest BCUT2D eigenvalue weighted by atomic mass is 10.0. The van der Waals surface area contributed by atoms with E-state index in [2.05, 4.69) is 31.2 Å². The number of benzene rings is 1. The smallest absolute Gasteiger partial charge is 0.212 e. The molecule has 1 saturated heterocycles. The average molecular weight is 311 g/mol. The van der Waals surface area contributed by atoms with Crippen LogP contribution in [0.3, 0.4) is 0 Å². The molecule has 20 heavy (non-hydrogen) atoms. The van der Waals surface area contributed by atoms with E-state index in [0.717, 1.165) is 25.0 Å². The summed E-state index contributed by atoms with van der Waals surface area (Å²) in [5, 5.41) is 0.345. The van der Waals surface area contributed by atoms with E-state index < -0.39 is 10.0 Å². The van der Waals surface area contributed by atoms with Crippen LogP contribution >= 0.6 is 11.8 Å². The van der Waals surface area contributed by atoms with Gasteiger partial charge in [0.1, 0.15) is 0 Å². The van der Waals surface area contributed by atoms with E-state index in [1.54, 1.807) is 4.31 Å². The summed E-state index contributed by atoms with van der Waals surface area (Å²) in [4.78, 5) is 0. The van der Waals surface area contributed by atoms with E-state index in [1.807, 2.05) is 11.8 Å². The number of rotatable bonds is 3. The molecular formula is C15H21NO2S2. The number of nitrogens with zero attached hydrogens (tertiary/aromatic N) is 1. The van der Waals surface area contributed by atoms with Crippen LogP contribution in [0.15, 0.2) is 24.3 Å². The lowest BCUT2D eigenvalue weighted by Crippen LogP contribution is -2.35. The predicted octanol–water partition coefficient (Wildman–Crippen LogP) is 2.97. The zero-order valence-corrected chi connectivity index (χ0v) is 13.4. The van der Waals surface area contributed by atoms with Gasteiger partial charge in [-0.2, -0.15) is 11.8 Å². The van der Waals surface area contributed by atoms with Gasteiger partial charge in [-0.3, -0.25) is 0 Å². The molecule has 1 aliphatic heterocycles. The summed E-state index contributed by atoms with van der Waals surface area (Å²) in [6, 6.07) is 8.45. The van der Waals surface area contributed by atoms with Gasteiger partial charge in [0, 0.05) is 24.1 Å². The minimum absolute atomic E-state index is 0.0810. The minimum atomic E-state index is -3.01. The lowest BCUT2D eigenvalue weighted by Gasteiger charge is -2.20. The topological polar surface area (TPSA) is 37.4 Å². The van der Waals surface area contributed by atoms with Gasteiger partial charge in [0.05, 0.1) is 5.25 Å². The van der Waals surface area contributed by atoms with Crippen molar-refractivity contribution in [1.82, 2.24) is 4.31 Å². The Kier molecular flexibility index (Phi) is 4.11. The van der Waals surface area contributed by atoms with Crippen LogP contribution in [0.4, 0.5) is 0 Å². The Balaban J connectivity index is 1.73. The van der Waals surface area contributed by atoms with Crippen molar-refractivity contribution >= 4 is 21.8 Å². The van der Waals surface area contributed by atoms with Crippen molar-refractivity contribution in [2.24, 2.45) is 0 Å². The molecule has 1 heterocycles. The zero-order valence-electron chi connectivity index (χ0n) is 11.8. The summed E-state index contributed by atoms with van der Waals surface area (Å²) in [6.07, 6.45) is 2.63. The van der Waals surface area contributed by atoms with Crippen molar-refractivity contribution in [2.75, 3.05) is 18.8 Å². The van der Waals surface area contributed by atoms with Crippen LogP contribution < -0.4 is 0 Å². The highest BCUT2D eigenvalue weighted by Gasteiger charge is 2.40. The summed E-state index contributed by atoms with van der Waals surface area (Å²) >= 11 is 1.90. The molecule has 2 fully saturated rings. The van der Waals surface area contributed by atoms with Crippen LogP contribution in [0.5, 0.6) is 0 Å². The molecule has 0 bridgehead atoms. The van der Waals surface area contributed by atoms with Gasteiger partial charge in [-0.05, 0) is 37.3 Å². The van der Waals surface area contributed by atoms with E-state index in [0.29, 0.717) is 18.3 Å². The Morgan fingerprint density at radius 1 is 1.15 bits per heavy atom. The van der Waals surface area contributed by atoms with Gasteiger partial charge < -0.3 is 0 Å². The molecule has 3 rings (SSSR count).